The normalized spacial score (nSPS) is 20.6. The van der Waals surface area contributed by atoms with Crippen molar-refractivity contribution in [2.24, 2.45) is 0 Å². The lowest BCUT2D eigenvalue weighted by Gasteiger charge is -2.25. The van der Waals surface area contributed by atoms with E-state index in [1.54, 1.807) is 12.1 Å². The molecule has 94 valence electrons. The van der Waals surface area contributed by atoms with E-state index in [1.807, 2.05) is 0 Å². The Hall–Kier alpha value is -0.680. The van der Waals surface area contributed by atoms with Crippen molar-refractivity contribution in [2.45, 2.75) is 24.8 Å². The van der Waals surface area contributed by atoms with Crippen LogP contribution in [-0.2, 0) is 5.92 Å². The minimum atomic E-state index is -2.91. The van der Waals surface area contributed by atoms with E-state index in [-0.39, 0.29) is 11.3 Å². The smallest absolute Gasteiger partial charge is 0.291 e. The first-order valence-electron chi connectivity index (χ1n) is 5.51. The van der Waals surface area contributed by atoms with Crippen LogP contribution in [0.3, 0.4) is 0 Å². The van der Waals surface area contributed by atoms with Gasteiger partial charge in [-0.3, -0.25) is 0 Å². The van der Waals surface area contributed by atoms with Gasteiger partial charge in [0.25, 0.3) is 5.92 Å². The highest BCUT2D eigenvalue weighted by atomic mass is 79.9. The lowest BCUT2D eigenvalue weighted by molar-refractivity contribution is -0.0394. The predicted molar refractivity (Wildman–Crippen MR) is 65.6 cm³/mol. The number of hydrogen-bond donors (Lipinski definition) is 1. The molecule has 1 saturated heterocycles. The number of halogens is 3. The second-order valence-electron chi connectivity index (χ2n) is 4.12. The van der Waals surface area contributed by atoms with Crippen molar-refractivity contribution in [3.63, 3.8) is 0 Å². The molecule has 1 unspecified atom stereocenters. The molecule has 0 aliphatic carbocycles. The first-order chi connectivity index (χ1) is 8.05. The van der Waals surface area contributed by atoms with E-state index in [1.165, 1.54) is 13.2 Å². The van der Waals surface area contributed by atoms with Gasteiger partial charge in [-0.25, -0.2) is 0 Å². The van der Waals surface area contributed by atoms with Gasteiger partial charge in [-0.2, -0.15) is 8.78 Å². The number of methoxy groups -OCH3 is 1. The van der Waals surface area contributed by atoms with Crippen LogP contribution in [0, 0.1) is 0 Å². The van der Waals surface area contributed by atoms with Crippen molar-refractivity contribution < 1.29 is 13.5 Å². The van der Waals surface area contributed by atoms with E-state index in [4.69, 9.17) is 4.74 Å². The molecule has 17 heavy (non-hydrogen) atoms. The molecule has 1 N–H and O–H groups in total. The number of hydrogen-bond acceptors (Lipinski definition) is 2. The van der Waals surface area contributed by atoms with Gasteiger partial charge in [0.15, 0.2) is 0 Å². The monoisotopic (exact) mass is 305 g/mol. The average molecular weight is 306 g/mol. The fraction of sp³-hybridized carbons (Fsp3) is 0.500. The van der Waals surface area contributed by atoms with Crippen molar-refractivity contribution in [2.75, 3.05) is 13.7 Å². The van der Waals surface area contributed by atoms with Crippen LogP contribution in [0.25, 0.3) is 0 Å². The third-order valence-electron chi connectivity index (χ3n) is 3.02. The molecule has 1 atom stereocenters. The van der Waals surface area contributed by atoms with Crippen LogP contribution in [0.5, 0.6) is 5.75 Å². The van der Waals surface area contributed by atoms with Crippen LogP contribution >= 0.6 is 15.9 Å². The highest BCUT2D eigenvalue weighted by Crippen LogP contribution is 2.41. The Kier molecular flexibility index (Phi) is 3.68. The molecule has 0 spiro atoms. The number of nitrogens with one attached hydrogen (secondary N) is 1. The molecule has 1 aliphatic heterocycles. The molecule has 0 bridgehead atoms. The van der Waals surface area contributed by atoms with Gasteiger partial charge in [-0.15, -0.1) is 0 Å². The molecular weight excluding hydrogens is 292 g/mol. The van der Waals surface area contributed by atoms with Gasteiger partial charge in [-0.05, 0) is 37.6 Å². The van der Waals surface area contributed by atoms with Crippen LogP contribution < -0.4 is 10.1 Å². The minimum absolute atomic E-state index is 0.0613. The summed E-state index contributed by atoms with van der Waals surface area (Å²) >= 11 is 3.22. The van der Waals surface area contributed by atoms with Crippen LogP contribution in [0.4, 0.5) is 8.78 Å². The maximum Gasteiger partial charge on any atom is 0.291 e. The van der Waals surface area contributed by atoms with Crippen molar-refractivity contribution in [3.8, 4) is 5.75 Å². The van der Waals surface area contributed by atoms with E-state index in [9.17, 15) is 8.78 Å². The van der Waals surface area contributed by atoms with E-state index < -0.39 is 12.0 Å². The molecule has 2 rings (SSSR count). The molecule has 1 aromatic carbocycles. The van der Waals surface area contributed by atoms with Gasteiger partial charge in [0.1, 0.15) is 5.75 Å². The molecule has 1 heterocycles. The zero-order chi connectivity index (χ0) is 12.5. The Morgan fingerprint density at radius 1 is 1.47 bits per heavy atom. The van der Waals surface area contributed by atoms with Gasteiger partial charge in [0.2, 0.25) is 0 Å². The van der Waals surface area contributed by atoms with Crippen LogP contribution in [0.2, 0.25) is 0 Å². The summed E-state index contributed by atoms with van der Waals surface area (Å²) in [5.74, 6) is -2.68. The molecule has 2 nitrogen and oxygen atoms in total. The van der Waals surface area contributed by atoms with Crippen LogP contribution in [-0.4, -0.2) is 19.7 Å². The maximum absolute atomic E-state index is 14.3. The van der Waals surface area contributed by atoms with Crippen LogP contribution in [0.1, 0.15) is 18.4 Å². The third-order valence-corrected chi connectivity index (χ3v) is 3.51. The lowest BCUT2D eigenvalue weighted by Crippen LogP contribution is -2.38. The molecule has 0 aromatic heterocycles. The van der Waals surface area contributed by atoms with E-state index >= 15 is 0 Å². The molecule has 1 aliphatic rings. The lowest BCUT2D eigenvalue weighted by atomic mass is 9.99. The Morgan fingerprint density at radius 3 is 2.82 bits per heavy atom. The topological polar surface area (TPSA) is 21.3 Å². The SMILES string of the molecule is COc1ccc(Br)cc1C(F)(F)C1CCCN1. The summed E-state index contributed by atoms with van der Waals surface area (Å²) in [7, 11) is 1.41. The van der Waals surface area contributed by atoms with E-state index in [0.29, 0.717) is 17.4 Å². The van der Waals surface area contributed by atoms with Gasteiger partial charge in [0, 0.05) is 4.47 Å². The van der Waals surface area contributed by atoms with E-state index in [2.05, 4.69) is 21.2 Å². The molecule has 5 heteroatoms. The molecule has 1 fully saturated rings. The van der Waals surface area contributed by atoms with Gasteiger partial charge in [-0.1, -0.05) is 15.9 Å². The van der Waals surface area contributed by atoms with Crippen molar-refractivity contribution in [3.05, 3.63) is 28.2 Å². The number of alkyl halides is 2. The zero-order valence-electron chi connectivity index (χ0n) is 9.47. The minimum Gasteiger partial charge on any atom is -0.496 e. The number of benzene rings is 1. The summed E-state index contributed by atoms with van der Waals surface area (Å²) in [4.78, 5) is 0. The summed E-state index contributed by atoms with van der Waals surface area (Å²) in [5.41, 5.74) is -0.0613. The van der Waals surface area contributed by atoms with Gasteiger partial charge < -0.3 is 10.1 Å². The second kappa shape index (κ2) is 4.90. The number of rotatable bonds is 3. The second-order valence-corrected chi connectivity index (χ2v) is 5.03. The zero-order valence-corrected chi connectivity index (χ0v) is 11.1. The molecule has 1 aromatic rings. The Labute approximate surface area is 107 Å². The van der Waals surface area contributed by atoms with Crippen molar-refractivity contribution in [1.82, 2.24) is 5.32 Å². The summed E-state index contributed by atoms with van der Waals surface area (Å²) in [6, 6.07) is 3.88. The van der Waals surface area contributed by atoms with Gasteiger partial charge >= 0.3 is 0 Å². The van der Waals surface area contributed by atoms with E-state index in [0.717, 1.165) is 6.42 Å². The quantitative estimate of drug-likeness (QED) is 0.925. The Morgan fingerprint density at radius 2 is 2.24 bits per heavy atom. The average Bonchev–Trinajstić information content (AvgIpc) is 2.83. The van der Waals surface area contributed by atoms with Crippen LogP contribution in [0.15, 0.2) is 22.7 Å². The van der Waals surface area contributed by atoms with Crippen molar-refractivity contribution >= 4 is 15.9 Å². The molecule has 0 radical (unpaired) electrons. The fourth-order valence-corrected chi connectivity index (χ4v) is 2.48. The largest absolute Gasteiger partial charge is 0.496 e. The third kappa shape index (κ3) is 2.45. The Balaban J connectivity index is 2.39. The highest BCUT2D eigenvalue weighted by Gasteiger charge is 2.44. The van der Waals surface area contributed by atoms with Gasteiger partial charge in [0.05, 0.1) is 18.7 Å². The maximum atomic E-state index is 14.3. The summed E-state index contributed by atoms with van der Waals surface area (Å²) in [6.45, 7) is 0.649. The first kappa shape index (κ1) is 12.8. The predicted octanol–water partition coefficient (Wildman–Crippen LogP) is 3.30. The van der Waals surface area contributed by atoms with Crippen molar-refractivity contribution in [1.29, 1.82) is 0 Å². The summed E-state index contributed by atoms with van der Waals surface area (Å²) in [6.07, 6.45) is 1.28. The molecule has 0 amide bonds. The summed E-state index contributed by atoms with van der Waals surface area (Å²) in [5, 5.41) is 2.85. The Bertz CT molecular complexity index is 405. The summed E-state index contributed by atoms with van der Waals surface area (Å²) < 4.78 is 34.3. The first-order valence-corrected chi connectivity index (χ1v) is 6.30. The molecule has 0 saturated carbocycles. The highest BCUT2D eigenvalue weighted by molar-refractivity contribution is 9.10. The fourth-order valence-electron chi connectivity index (χ4n) is 2.12. The molecular formula is C12H14BrF2NO. The number of ether oxygens (including phenoxy) is 1. The standard InChI is InChI=1S/C12H14BrF2NO/c1-17-10-5-4-8(13)7-9(10)12(14,15)11-3-2-6-16-11/h4-5,7,11,16H,2-3,6H2,1H3.